The zero-order valence-corrected chi connectivity index (χ0v) is 13.2. The van der Waals surface area contributed by atoms with E-state index in [1.165, 1.54) is 13.3 Å². The second-order valence-corrected chi connectivity index (χ2v) is 5.51. The van der Waals surface area contributed by atoms with Gasteiger partial charge in [0.05, 0.1) is 12.1 Å². The van der Waals surface area contributed by atoms with Gasteiger partial charge in [-0.25, -0.2) is 9.78 Å². The van der Waals surface area contributed by atoms with Gasteiger partial charge in [-0.1, -0.05) is 25.4 Å². The molecule has 1 heterocycles. The van der Waals surface area contributed by atoms with E-state index in [1.54, 1.807) is 12.1 Å². The Bertz CT molecular complexity index is 465. The van der Waals surface area contributed by atoms with Crippen LogP contribution in [-0.2, 0) is 9.53 Å². The standard InChI is InChI=1S/C13H18ClN3O2S/c1-8(2)6-10(12(18)19-3)16-13(20)17-11-5-4-9(14)7-15-11/h4-5,7-8,10H,6H2,1-3H3,(H2,15,16,17,20)/t10-/m0/s1. The molecule has 0 radical (unpaired) electrons. The van der Waals surface area contributed by atoms with Crippen molar-refractivity contribution in [2.45, 2.75) is 26.3 Å². The maximum absolute atomic E-state index is 11.7. The van der Waals surface area contributed by atoms with Crippen LogP contribution in [0.25, 0.3) is 0 Å². The van der Waals surface area contributed by atoms with E-state index >= 15 is 0 Å². The normalized spacial score (nSPS) is 11.8. The number of carbonyl (C=O) groups excluding carboxylic acids is 1. The number of pyridine rings is 1. The molecule has 0 unspecified atom stereocenters. The summed E-state index contributed by atoms with van der Waals surface area (Å²) in [6.07, 6.45) is 2.14. The molecule has 0 saturated heterocycles. The van der Waals surface area contributed by atoms with Crippen LogP contribution in [0.1, 0.15) is 20.3 Å². The molecule has 1 aromatic rings. The van der Waals surface area contributed by atoms with Crippen LogP contribution in [0.4, 0.5) is 5.82 Å². The third-order valence-electron chi connectivity index (χ3n) is 2.47. The Labute approximate surface area is 129 Å². The van der Waals surface area contributed by atoms with Crippen molar-refractivity contribution in [2.24, 2.45) is 5.92 Å². The number of carbonyl (C=O) groups is 1. The summed E-state index contributed by atoms with van der Waals surface area (Å²) in [5.74, 6) is 0.551. The van der Waals surface area contributed by atoms with Gasteiger partial charge in [0.25, 0.3) is 0 Å². The Morgan fingerprint density at radius 3 is 2.70 bits per heavy atom. The lowest BCUT2D eigenvalue weighted by molar-refractivity contribution is -0.143. The fourth-order valence-electron chi connectivity index (χ4n) is 1.59. The van der Waals surface area contributed by atoms with Crippen molar-refractivity contribution in [1.29, 1.82) is 0 Å². The highest BCUT2D eigenvalue weighted by Gasteiger charge is 2.21. The predicted molar refractivity (Wildman–Crippen MR) is 83.9 cm³/mol. The zero-order chi connectivity index (χ0) is 15.1. The fraction of sp³-hybridized carbons (Fsp3) is 0.462. The molecule has 2 N–H and O–H groups in total. The number of hydrogen-bond donors (Lipinski definition) is 2. The highest BCUT2D eigenvalue weighted by Crippen LogP contribution is 2.10. The van der Waals surface area contributed by atoms with Crippen molar-refractivity contribution >= 4 is 40.7 Å². The zero-order valence-electron chi connectivity index (χ0n) is 11.6. The molecule has 0 aromatic carbocycles. The molecule has 0 amide bonds. The molecular formula is C13H18ClN3O2S. The van der Waals surface area contributed by atoms with Crippen molar-refractivity contribution in [3.8, 4) is 0 Å². The van der Waals surface area contributed by atoms with Gasteiger partial charge in [-0.05, 0) is 36.7 Å². The predicted octanol–water partition coefficient (Wildman–Crippen LogP) is 2.61. The van der Waals surface area contributed by atoms with Gasteiger partial charge in [-0.15, -0.1) is 0 Å². The first kappa shape index (κ1) is 16.7. The van der Waals surface area contributed by atoms with E-state index in [1.807, 2.05) is 13.8 Å². The number of esters is 1. The summed E-state index contributed by atoms with van der Waals surface area (Å²) in [6, 6.07) is 2.92. The third-order valence-corrected chi connectivity index (χ3v) is 2.91. The molecular weight excluding hydrogens is 298 g/mol. The number of halogens is 1. The summed E-state index contributed by atoms with van der Waals surface area (Å²) in [4.78, 5) is 15.7. The average molecular weight is 316 g/mol. The molecule has 0 saturated carbocycles. The Hall–Kier alpha value is -1.40. The molecule has 0 aliphatic carbocycles. The SMILES string of the molecule is COC(=O)[C@H](CC(C)C)NC(=S)Nc1ccc(Cl)cn1. The minimum atomic E-state index is -0.479. The number of hydrogen-bond acceptors (Lipinski definition) is 4. The van der Waals surface area contributed by atoms with Crippen LogP contribution >= 0.6 is 23.8 Å². The number of aromatic nitrogens is 1. The number of nitrogens with zero attached hydrogens (tertiary/aromatic N) is 1. The van der Waals surface area contributed by atoms with Gasteiger partial charge in [-0.3, -0.25) is 0 Å². The van der Waals surface area contributed by atoms with E-state index in [2.05, 4.69) is 15.6 Å². The van der Waals surface area contributed by atoms with Gasteiger partial charge in [0.2, 0.25) is 0 Å². The summed E-state index contributed by atoms with van der Waals surface area (Å²) in [7, 11) is 1.36. The Morgan fingerprint density at radius 1 is 1.50 bits per heavy atom. The second-order valence-electron chi connectivity index (χ2n) is 4.67. The van der Waals surface area contributed by atoms with E-state index in [-0.39, 0.29) is 5.97 Å². The fourth-order valence-corrected chi connectivity index (χ4v) is 1.95. The first-order valence-corrected chi connectivity index (χ1v) is 6.98. The smallest absolute Gasteiger partial charge is 0.328 e. The maximum Gasteiger partial charge on any atom is 0.328 e. The monoisotopic (exact) mass is 315 g/mol. The van der Waals surface area contributed by atoms with E-state index in [0.29, 0.717) is 28.3 Å². The summed E-state index contributed by atoms with van der Waals surface area (Å²) in [6.45, 7) is 4.05. The summed E-state index contributed by atoms with van der Waals surface area (Å²) in [5.41, 5.74) is 0. The number of methoxy groups -OCH3 is 1. The maximum atomic E-state index is 11.7. The molecule has 1 rings (SSSR count). The van der Waals surface area contributed by atoms with Crippen LogP contribution in [0, 0.1) is 5.92 Å². The number of ether oxygens (including phenoxy) is 1. The number of thiocarbonyl (C=S) groups is 1. The van der Waals surface area contributed by atoms with Crippen LogP contribution in [0.3, 0.4) is 0 Å². The highest BCUT2D eigenvalue weighted by atomic mass is 35.5. The lowest BCUT2D eigenvalue weighted by atomic mass is 10.0. The summed E-state index contributed by atoms with van der Waals surface area (Å²) >= 11 is 10.9. The van der Waals surface area contributed by atoms with Crippen LogP contribution in [0.5, 0.6) is 0 Å². The molecule has 110 valence electrons. The lowest BCUT2D eigenvalue weighted by Crippen LogP contribution is -2.44. The van der Waals surface area contributed by atoms with Gasteiger partial charge < -0.3 is 15.4 Å². The minimum Gasteiger partial charge on any atom is -0.467 e. The van der Waals surface area contributed by atoms with Crippen molar-refractivity contribution < 1.29 is 9.53 Å². The van der Waals surface area contributed by atoms with Crippen molar-refractivity contribution in [3.05, 3.63) is 23.4 Å². The van der Waals surface area contributed by atoms with Crippen molar-refractivity contribution in [2.75, 3.05) is 12.4 Å². The van der Waals surface area contributed by atoms with Gasteiger partial charge in [0.15, 0.2) is 5.11 Å². The Balaban J connectivity index is 2.61. The average Bonchev–Trinajstić information content (AvgIpc) is 2.39. The molecule has 5 nitrogen and oxygen atoms in total. The Morgan fingerprint density at radius 2 is 2.20 bits per heavy atom. The van der Waals surface area contributed by atoms with E-state index in [4.69, 9.17) is 28.6 Å². The van der Waals surface area contributed by atoms with Gasteiger partial charge in [0.1, 0.15) is 11.9 Å². The molecule has 0 spiro atoms. The first-order chi connectivity index (χ1) is 9.42. The third kappa shape index (κ3) is 5.71. The molecule has 7 heteroatoms. The van der Waals surface area contributed by atoms with Gasteiger partial charge >= 0.3 is 5.97 Å². The van der Waals surface area contributed by atoms with Crippen LogP contribution < -0.4 is 10.6 Å². The summed E-state index contributed by atoms with van der Waals surface area (Å²) in [5, 5.41) is 6.69. The lowest BCUT2D eigenvalue weighted by Gasteiger charge is -2.20. The Kier molecular flexibility index (Phi) is 6.67. The summed E-state index contributed by atoms with van der Waals surface area (Å²) < 4.78 is 4.76. The van der Waals surface area contributed by atoms with Crippen molar-refractivity contribution in [1.82, 2.24) is 10.3 Å². The van der Waals surface area contributed by atoms with Gasteiger partial charge in [-0.2, -0.15) is 0 Å². The first-order valence-electron chi connectivity index (χ1n) is 6.19. The van der Waals surface area contributed by atoms with Crippen LogP contribution in [0.15, 0.2) is 18.3 Å². The second kappa shape index (κ2) is 8.01. The van der Waals surface area contributed by atoms with Crippen LogP contribution in [0.2, 0.25) is 5.02 Å². The topological polar surface area (TPSA) is 63.2 Å². The van der Waals surface area contributed by atoms with Crippen LogP contribution in [-0.4, -0.2) is 29.2 Å². The quantitative estimate of drug-likeness (QED) is 0.643. The van der Waals surface area contributed by atoms with Gasteiger partial charge in [0, 0.05) is 6.20 Å². The minimum absolute atomic E-state index is 0.316. The number of nitrogens with one attached hydrogen (secondary N) is 2. The molecule has 0 bridgehead atoms. The molecule has 0 fully saturated rings. The van der Waals surface area contributed by atoms with E-state index in [9.17, 15) is 4.79 Å². The molecule has 1 aromatic heterocycles. The number of anilines is 1. The highest BCUT2D eigenvalue weighted by molar-refractivity contribution is 7.80. The molecule has 1 atom stereocenters. The van der Waals surface area contributed by atoms with Crippen molar-refractivity contribution in [3.63, 3.8) is 0 Å². The van der Waals surface area contributed by atoms with E-state index < -0.39 is 6.04 Å². The molecule has 0 aliphatic rings. The molecule has 20 heavy (non-hydrogen) atoms. The van der Waals surface area contributed by atoms with E-state index in [0.717, 1.165) is 0 Å². The number of rotatable bonds is 5. The molecule has 0 aliphatic heterocycles. The largest absolute Gasteiger partial charge is 0.467 e.